The predicted molar refractivity (Wildman–Crippen MR) is 104 cm³/mol. The zero-order valence-electron chi connectivity index (χ0n) is 13.9. The van der Waals surface area contributed by atoms with E-state index in [-0.39, 0.29) is 17.6 Å². The van der Waals surface area contributed by atoms with Gasteiger partial charge in [0.25, 0.3) is 5.91 Å². The summed E-state index contributed by atoms with van der Waals surface area (Å²) in [5.41, 5.74) is 2.06. The highest BCUT2D eigenvalue weighted by Crippen LogP contribution is 2.21. The highest BCUT2D eigenvalue weighted by Gasteiger charge is 2.12. The number of nitrogens with zero attached hydrogens (tertiary/aromatic N) is 1. The Labute approximate surface area is 153 Å². The number of amides is 1. The van der Waals surface area contributed by atoms with Crippen LogP contribution in [0.1, 0.15) is 12.8 Å². The van der Waals surface area contributed by atoms with E-state index >= 15 is 0 Å². The van der Waals surface area contributed by atoms with Crippen molar-refractivity contribution in [2.75, 3.05) is 29.9 Å². The second-order valence-electron chi connectivity index (χ2n) is 5.85. The van der Waals surface area contributed by atoms with Crippen molar-refractivity contribution in [1.29, 1.82) is 0 Å². The van der Waals surface area contributed by atoms with Crippen LogP contribution in [0.5, 0.6) is 5.75 Å². The largest absolute Gasteiger partial charge is 0.484 e. The first-order valence-electron chi connectivity index (χ1n) is 8.34. The van der Waals surface area contributed by atoms with Crippen molar-refractivity contribution in [3.05, 3.63) is 54.6 Å². The molecule has 0 saturated carbocycles. The lowest BCUT2D eigenvalue weighted by molar-refractivity contribution is -0.121. The molecule has 6 heteroatoms. The van der Waals surface area contributed by atoms with Gasteiger partial charge in [-0.15, -0.1) is 0 Å². The summed E-state index contributed by atoms with van der Waals surface area (Å²) < 4.78 is 5.39. The van der Waals surface area contributed by atoms with Crippen LogP contribution in [0.2, 0.25) is 0 Å². The maximum Gasteiger partial charge on any atom is 0.264 e. The van der Waals surface area contributed by atoms with Gasteiger partial charge in [-0.05, 0) is 61.5 Å². The van der Waals surface area contributed by atoms with Crippen LogP contribution in [-0.4, -0.2) is 30.7 Å². The molecule has 0 aromatic heterocycles. The molecular formula is C19H21N3O2S. The van der Waals surface area contributed by atoms with Gasteiger partial charge in [0.1, 0.15) is 5.75 Å². The van der Waals surface area contributed by atoms with Gasteiger partial charge in [-0.25, -0.2) is 0 Å². The van der Waals surface area contributed by atoms with Gasteiger partial charge >= 0.3 is 0 Å². The Balaban J connectivity index is 1.44. The van der Waals surface area contributed by atoms with Crippen LogP contribution < -0.4 is 20.3 Å². The SMILES string of the molecule is O=C(COc1ccccc1)NC(=S)Nc1ccc(N2CCCC2)cc1. The van der Waals surface area contributed by atoms with E-state index in [9.17, 15) is 4.79 Å². The molecule has 1 fully saturated rings. The van der Waals surface area contributed by atoms with Gasteiger partial charge < -0.3 is 15.0 Å². The van der Waals surface area contributed by atoms with Crippen molar-refractivity contribution in [1.82, 2.24) is 5.32 Å². The molecule has 0 unspecified atom stereocenters. The standard InChI is InChI=1S/C19H21N3O2S/c23-18(14-24-17-6-2-1-3-7-17)21-19(25)20-15-8-10-16(11-9-15)22-12-4-5-13-22/h1-3,6-11H,4-5,12-14H2,(H2,20,21,23,25). The molecule has 0 aliphatic carbocycles. The van der Waals surface area contributed by atoms with E-state index in [1.165, 1.54) is 18.5 Å². The van der Waals surface area contributed by atoms with Crippen LogP contribution >= 0.6 is 12.2 Å². The molecule has 1 saturated heterocycles. The molecular weight excluding hydrogens is 334 g/mol. The molecule has 3 rings (SSSR count). The van der Waals surface area contributed by atoms with Crippen LogP contribution in [-0.2, 0) is 4.79 Å². The third kappa shape index (κ3) is 5.19. The molecule has 130 valence electrons. The van der Waals surface area contributed by atoms with Crippen LogP contribution in [0, 0.1) is 0 Å². The first-order valence-corrected chi connectivity index (χ1v) is 8.75. The molecule has 25 heavy (non-hydrogen) atoms. The molecule has 0 bridgehead atoms. The van der Waals surface area contributed by atoms with Gasteiger partial charge in [0, 0.05) is 24.5 Å². The highest BCUT2D eigenvalue weighted by atomic mass is 32.1. The number of nitrogens with one attached hydrogen (secondary N) is 2. The third-order valence-electron chi connectivity index (χ3n) is 3.96. The average Bonchev–Trinajstić information content (AvgIpc) is 3.16. The molecule has 0 spiro atoms. The number of carbonyl (C=O) groups excluding carboxylic acids is 1. The fourth-order valence-electron chi connectivity index (χ4n) is 2.72. The lowest BCUT2D eigenvalue weighted by Crippen LogP contribution is -2.37. The Kier molecular flexibility index (Phi) is 5.85. The van der Waals surface area contributed by atoms with Gasteiger partial charge in [0.05, 0.1) is 0 Å². The van der Waals surface area contributed by atoms with E-state index in [0.717, 1.165) is 18.8 Å². The Morgan fingerprint density at radius 2 is 1.72 bits per heavy atom. The maximum atomic E-state index is 11.9. The summed E-state index contributed by atoms with van der Waals surface area (Å²) in [5, 5.41) is 5.89. The van der Waals surface area contributed by atoms with Crippen molar-refractivity contribution < 1.29 is 9.53 Å². The Morgan fingerprint density at radius 1 is 1.04 bits per heavy atom. The highest BCUT2D eigenvalue weighted by molar-refractivity contribution is 7.80. The van der Waals surface area contributed by atoms with Gasteiger partial charge in [-0.2, -0.15) is 0 Å². The molecule has 1 amide bonds. The van der Waals surface area contributed by atoms with Gasteiger partial charge in [0.2, 0.25) is 0 Å². The minimum absolute atomic E-state index is 0.0836. The van der Waals surface area contributed by atoms with Crippen LogP contribution in [0.3, 0.4) is 0 Å². The lowest BCUT2D eigenvalue weighted by Gasteiger charge is -2.18. The van der Waals surface area contributed by atoms with Crippen molar-refractivity contribution >= 4 is 34.6 Å². The molecule has 1 aliphatic heterocycles. The molecule has 2 N–H and O–H groups in total. The molecule has 1 heterocycles. The topological polar surface area (TPSA) is 53.6 Å². The predicted octanol–water partition coefficient (Wildman–Crippen LogP) is 3.18. The van der Waals surface area contributed by atoms with Crippen LogP contribution in [0.15, 0.2) is 54.6 Å². The number of thiocarbonyl (C=S) groups is 1. The Morgan fingerprint density at radius 3 is 2.40 bits per heavy atom. The van der Waals surface area contributed by atoms with E-state index in [2.05, 4.69) is 27.7 Å². The van der Waals surface area contributed by atoms with Crippen molar-refractivity contribution in [3.63, 3.8) is 0 Å². The van der Waals surface area contributed by atoms with E-state index in [1.807, 2.05) is 30.3 Å². The summed E-state index contributed by atoms with van der Waals surface area (Å²) in [7, 11) is 0. The number of hydrogen-bond donors (Lipinski definition) is 2. The number of ether oxygens (including phenoxy) is 1. The minimum atomic E-state index is -0.296. The van der Waals surface area contributed by atoms with E-state index < -0.39 is 0 Å². The van der Waals surface area contributed by atoms with Crippen molar-refractivity contribution in [2.45, 2.75) is 12.8 Å². The van der Waals surface area contributed by atoms with Gasteiger partial charge in [0.15, 0.2) is 11.7 Å². The maximum absolute atomic E-state index is 11.9. The fourth-order valence-corrected chi connectivity index (χ4v) is 2.95. The summed E-state index contributed by atoms with van der Waals surface area (Å²) in [6.45, 7) is 2.14. The average molecular weight is 355 g/mol. The first-order chi connectivity index (χ1) is 12.2. The van der Waals surface area contributed by atoms with Gasteiger partial charge in [-0.1, -0.05) is 18.2 Å². The third-order valence-corrected chi connectivity index (χ3v) is 4.17. The van der Waals surface area contributed by atoms with Crippen molar-refractivity contribution in [3.8, 4) is 5.75 Å². The Hall–Kier alpha value is -2.60. The van der Waals surface area contributed by atoms with Crippen molar-refractivity contribution in [2.24, 2.45) is 0 Å². The first kappa shape index (κ1) is 17.2. The molecule has 0 atom stereocenters. The number of carbonyl (C=O) groups is 1. The number of rotatable bonds is 5. The smallest absolute Gasteiger partial charge is 0.264 e. The Bertz CT molecular complexity index is 713. The fraction of sp³-hybridized carbons (Fsp3) is 0.263. The molecule has 2 aromatic rings. The molecule has 5 nitrogen and oxygen atoms in total. The lowest BCUT2D eigenvalue weighted by atomic mass is 10.2. The van der Waals surface area contributed by atoms with Crippen LogP contribution in [0.25, 0.3) is 0 Å². The number of hydrogen-bond acceptors (Lipinski definition) is 4. The molecule has 0 radical (unpaired) electrons. The summed E-state index contributed by atoms with van der Waals surface area (Å²) in [6.07, 6.45) is 2.50. The summed E-state index contributed by atoms with van der Waals surface area (Å²) >= 11 is 5.17. The minimum Gasteiger partial charge on any atom is -0.484 e. The summed E-state index contributed by atoms with van der Waals surface area (Å²) in [4.78, 5) is 14.2. The zero-order chi connectivity index (χ0) is 17.5. The van der Waals surface area contributed by atoms with E-state index in [1.54, 1.807) is 12.1 Å². The quantitative estimate of drug-likeness (QED) is 0.807. The van der Waals surface area contributed by atoms with E-state index in [0.29, 0.717) is 5.75 Å². The second kappa shape index (κ2) is 8.48. The van der Waals surface area contributed by atoms with E-state index in [4.69, 9.17) is 17.0 Å². The second-order valence-corrected chi connectivity index (χ2v) is 6.25. The summed E-state index contributed by atoms with van der Waals surface area (Å²) in [6, 6.07) is 17.3. The normalized spacial score (nSPS) is 13.4. The van der Waals surface area contributed by atoms with Crippen LogP contribution in [0.4, 0.5) is 11.4 Å². The number of benzene rings is 2. The molecule has 2 aromatic carbocycles. The summed E-state index contributed by atoms with van der Waals surface area (Å²) in [5.74, 6) is 0.351. The number of anilines is 2. The molecule has 1 aliphatic rings. The monoisotopic (exact) mass is 355 g/mol. The van der Waals surface area contributed by atoms with Gasteiger partial charge in [-0.3, -0.25) is 10.1 Å². The zero-order valence-corrected chi connectivity index (χ0v) is 14.7. The number of para-hydroxylation sites is 1.